The summed E-state index contributed by atoms with van der Waals surface area (Å²) >= 11 is 6.07. The van der Waals surface area contributed by atoms with E-state index < -0.39 is 14.6 Å². The first-order valence-corrected chi connectivity index (χ1v) is 11.1. The molecule has 7 heteroatoms. The van der Waals surface area contributed by atoms with E-state index >= 15 is 0 Å². The first kappa shape index (κ1) is 22.8. The van der Waals surface area contributed by atoms with Gasteiger partial charge in [-0.25, -0.2) is 8.42 Å². The van der Waals surface area contributed by atoms with E-state index in [1.165, 1.54) is 11.8 Å². The molecule has 26 heavy (non-hydrogen) atoms. The summed E-state index contributed by atoms with van der Waals surface area (Å²) in [5, 5.41) is 7.06. The molecule has 0 heterocycles. The predicted molar refractivity (Wildman–Crippen MR) is 112 cm³/mol. The summed E-state index contributed by atoms with van der Waals surface area (Å²) in [7, 11) is -3.16. The van der Waals surface area contributed by atoms with E-state index in [-0.39, 0.29) is 5.41 Å². The molecule has 0 aliphatic carbocycles. The van der Waals surface area contributed by atoms with Gasteiger partial charge in [0.1, 0.15) is 0 Å². The average Bonchev–Trinajstić information content (AvgIpc) is 2.48. The topological polar surface area (TPSA) is 70.6 Å². The Morgan fingerprint density at radius 1 is 1.19 bits per heavy atom. The molecule has 0 aromatic heterocycles. The van der Waals surface area contributed by atoms with E-state index in [0.717, 1.165) is 11.4 Å². The Kier molecular flexibility index (Phi) is 7.96. The normalized spacial score (nSPS) is 13.6. The highest BCUT2D eigenvalue weighted by Crippen LogP contribution is 2.24. The van der Waals surface area contributed by atoms with Gasteiger partial charge in [0, 0.05) is 30.9 Å². The van der Waals surface area contributed by atoms with Gasteiger partial charge in [0.25, 0.3) is 0 Å². The van der Waals surface area contributed by atoms with Crippen LogP contribution in [0.1, 0.15) is 40.2 Å². The van der Waals surface area contributed by atoms with Crippen LogP contribution in [0.15, 0.2) is 29.3 Å². The lowest BCUT2D eigenvalue weighted by Gasteiger charge is -2.26. The van der Waals surface area contributed by atoms with Gasteiger partial charge in [-0.2, -0.15) is 0 Å². The molecule has 1 rings (SSSR count). The number of sulfone groups is 1. The van der Waals surface area contributed by atoms with Crippen LogP contribution in [0, 0.1) is 5.41 Å². The van der Waals surface area contributed by atoms with Gasteiger partial charge in [-0.3, -0.25) is 4.99 Å². The Labute approximate surface area is 163 Å². The van der Waals surface area contributed by atoms with Crippen LogP contribution >= 0.6 is 11.6 Å². The molecule has 0 amide bonds. The summed E-state index contributed by atoms with van der Waals surface area (Å²) in [4.78, 5) is 4.66. The third-order valence-corrected chi connectivity index (χ3v) is 6.65. The number of guanidine groups is 1. The number of nitrogens with zero attached hydrogens (tertiary/aromatic N) is 1. The minimum atomic E-state index is -3.16. The molecule has 2 N–H and O–H groups in total. The van der Waals surface area contributed by atoms with Crippen LogP contribution in [0.5, 0.6) is 0 Å². The van der Waals surface area contributed by atoms with Gasteiger partial charge in [-0.15, -0.1) is 0 Å². The Morgan fingerprint density at radius 2 is 1.85 bits per heavy atom. The van der Waals surface area contributed by atoms with E-state index in [2.05, 4.69) is 35.5 Å². The molecule has 0 bridgehead atoms. The standard InChI is InChI=1S/C19H32ClN3O2S/c1-7-21-17(23-14-19(4,5)26(6,24)25)22-13-18(2,3)12-15-9-8-10-16(20)11-15/h8-11H,7,12-14H2,1-6H3,(H2,21,22,23). The number of hydrogen-bond acceptors (Lipinski definition) is 3. The second-order valence-corrected chi connectivity index (χ2v) is 11.1. The summed E-state index contributed by atoms with van der Waals surface area (Å²) in [6.45, 7) is 11.3. The van der Waals surface area contributed by atoms with Crippen molar-refractivity contribution in [1.82, 2.24) is 10.6 Å². The van der Waals surface area contributed by atoms with Gasteiger partial charge in [0.05, 0.1) is 4.75 Å². The summed E-state index contributed by atoms with van der Waals surface area (Å²) < 4.78 is 22.9. The van der Waals surface area contributed by atoms with Crippen LogP contribution in [0.3, 0.4) is 0 Å². The van der Waals surface area contributed by atoms with Crippen molar-refractivity contribution in [3.05, 3.63) is 34.9 Å². The minimum Gasteiger partial charge on any atom is -0.357 e. The van der Waals surface area contributed by atoms with Crippen LogP contribution in [0.2, 0.25) is 5.02 Å². The zero-order valence-corrected chi connectivity index (χ0v) is 18.3. The van der Waals surface area contributed by atoms with E-state index in [1.54, 1.807) is 13.8 Å². The highest BCUT2D eigenvalue weighted by Gasteiger charge is 2.30. The van der Waals surface area contributed by atoms with Crippen LogP contribution in [0.25, 0.3) is 0 Å². The molecular formula is C19H32ClN3O2S. The summed E-state index contributed by atoms with van der Waals surface area (Å²) in [6, 6.07) is 7.86. The Morgan fingerprint density at radius 3 is 2.38 bits per heavy atom. The number of halogens is 1. The maximum Gasteiger partial charge on any atom is 0.191 e. The van der Waals surface area contributed by atoms with E-state index in [9.17, 15) is 8.42 Å². The smallest absolute Gasteiger partial charge is 0.191 e. The Hall–Kier alpha value is -1.27. The second kappa shape index (κ2) is 9.09. The van der Waals surface area contributed by atoms with Crippen molar-refractivity contribution in [3.8, 4) is 0 Å². The summed E-state index contributed by atoms with van der Waals surface area (Å²) in [6.07, 6.45) is 2.11. The van der Waals surface area contributed by atoms with E-state index in [4.69, 9.17) is 11.6 Å². The van der Waals surface area contributed by atoms with Crippen LogP contribution < -0.4 is 10.6 Å². The zero-order chi connectivity index (χ0) is 20.0. The van der Waals surface area contributed by atoms with Gasteiger partial charge < -0.3 is 10.6 Å². The lowest BCUT2D eigenvalue weighted by Crippen LogP contribution is -2.48. The molecule has 0 spiro atoms. The van der Waals surface area contributed by atoms with Gasteiger partial charge in [0.2, 0.25) is 0 Å². The average molecular weight is 402 g/mol. The van der Waals surface area contributed by atoms with Gasteiger partial charge in [-0.05, 0) is 50.3 Å². The summed E-state index contributed by atoms with van der Waals surface area (Å²) in [5.74, 6) is 0.628. The molecule has 0 fully saturated rings. The van der Waals surface area contributed by atoms with Crippen molar-refractivity contribution < 1.29 is 8.42 Å². The van der Waals surface area contributed by atoms with Crippen molar-refractivity contribution >= 4 is 27.4 Å². The van der Waals surface area contributed by atoms with Gasteiger partial charge >= 0.3 is 0 Å². The maximum absolute atomic E-state index is 11.9. The lowest BCUT2D eigenvalue weighted by molar-refractivity contribution is 0.377. The monoisotopic (exact) mass is 401 g/mol. The first-order chi connectivity index (χ1) is 11.9. The summed E-state index contributed by atoms with van der Waals surface area (Å²) in [5.41, 5.74) is 1.12. The molecule has 0 aliphatic heterocycles. The molecule has 0 radical (unpaired) electrons. The van der Waals surface area contributed by atoms with Crippen LogP contribution in [-0.4, -0.2) is 45.0 Å². The third-order valence-electron chi connectivity index (χ3n) is 4.27. The van der Waals surface area contributed by atoms with Crippen molar-refractivity contribution in [3.63, 3.8) is 0 Å². The number of nitrogens with one attached hydrogen (secondary N) is 2. The maximum atomic E-state index is 11.9. The molecule has 1 aromatic rings. The second-order valence-electron chi connectivity index (χ2n) is 8.05. The van der Waals surface area contributed by atoms with Crippen molar-refractivity contribution in [2.75, 3.05) is 25.9 Å². The van der Waals surface area contributed by atoms with Crippen molar-refractivity contribution in [2.24, 2.45) is 10.4 Å². The van der Waals surface area contributed by atoms with Crippen LogP contribution in [-0.2, 0) is 16.3 Å². The Bertz CT molecular complexity index is 728. The van der Waals surface area contributed by atoms with E-state index in [1.807, 2.05) is 25.1 Å². The molecule has 0 aliphatic rings. The molecule has 5 nitrogen and oxygen atoms in total. The quantitative estimate of drug-likeness (QED) is 0.518. The molecule has 0 atom stereocenters. The fraction of sp³-hybridized carbons (Fsp3) is 0.632. The molecule has 1 aromatic carbocycles. The molecular weight excluding hydrogens is 370 g/mol. The zero-order valence-electron chi connectivity index (χ0n) is 16.7. The SMILES string of the molecule is CCNC(=NCC(C)(C)Cc1cccc(Cl)c1)NCC(C)(C)S(C)(=O)=O. The number of hydrogen-bond donors (Lipinski definition) is 2. The minimum absolute atomic E-state index is 0.0562. The largest absolute Gasteiger partial charge is 0.357 e. The first-order valence-electron chi connectivity index (χ1n) is 8.82. The van der Waals surface area contributed by atoms with Crippen molar-refractivity contribution in [1.29, 1.82) is 0 Å². The van der Waals surface area contributed by atoms with Gasteiger partial charge in [-0.1, -0.05) is 37.6 Å². The highest BCUT2D eigenvalue weighted by molar-refractivity contribution is 7.92. The van der Waals surface area contributed by atoms with Crippen molar-refractivity contribution in [2.45, 2.75) is 45.8 Å². The van der Waals surface area contributed by atoms with Crippen LogP contribution in [0.4, 0.5) is 0 Å². The third kappa shape index (κ3) is 7.54. The number of aliphatic imine (C=N–C) groups is 1. The fourth-order valence-electron chi connectivity index (χ4n) is 2.32. The number of rotatable bonds is 8. The molecule has 0 saturated carbocycles. The highest BCUT2D eigenvalue weighted by atomic mass is 35.5. The molecule has 0 saturated heterocycles. The fourth-order valence-corrected chi connectivity index (χ4v) is 2.87. The molecule has 148 valence electrons. The molecule has 0 unspecified atom stereocenters. The Balaban J connectivity index is 2.78. The lowest BCUT2D eigenvalue weighted by atomic mass is 9.86. The predicted octanol–water partition coefficient (Wildman–Crippen LogP) is 3.29. The number of benzene rings is 1. The van der Waals surface area contributed by atoms with E-state index in [0.29, 0.717) is 25.6 Å². The van der Waals surface area contributed by atoms with Gasteiger partial charge in [0.15, 0.2) is 15.8 Å².